The summed E-state index contributed by atoms with van der Waals surface area (Å²) in [5, 5.41) is 0. The number of hydrogen-bond acceptors (Lipinski definition) is 5. The van der Waals surface area contributed by atoms with Crippen LogP contribution in [0.1, 0.15) is 22.8 Å². The zero-order valence-corrected chi connectivity index (χ0v) is 18.5. The summed E-state index contributed by atoms with van der Waals surface area (Å²) in [5.74, 6) is -0.254. The van der Waals surface area contributed by atoms with Gasteiger partial charge in [-0.1, -0.05) is 17.7 Å². The van der Waals surface area contributed by atoms with E-state index in [9.17, 15) is 21.6 Å². The average molecular weight is 452 g/mol. The lowest BCUT2D eigenvalue weighted by Gasteiger charge is -2.34. The van der Waals surface area contributed by atoms with Gasteiger partial charge in [-0.05, 0) is 50.2 Å². The molecule has 1 fully saturated rings. The summed E-state index contributed by atoms with van der Waals surface area (Å²) < 4.78 is 52.6. The molecule has 0 atom stereocenters. The van der Waals surface area contributed by atoms with Crippen LogP contribution in [-0.4, -0.2) is 63.9 Å². The van der Waals surface area contributed by atoms with Crippen molar-refractivity contribution in [2.45, 2.75) is 18.7 Å². The Bertz CT molecular complexity index is 1100. The second-order valence-electron chi connectivity index (χ2n) is 7.09. The van der Waals surface area contributed by atoms with Gasteiger partial charge in [-0.3, -0.25) is 9.52 Å². The van der Waals surface area contributed by atoms with Crippen LogP contribution < -0.4 is 4.72 Å². The first-order valence-electron chi connectivity index (χ1n) is 9.59. The van der Waals surface area contributed by atoms with Crippen LogP contribution in [0.15, 0.2) is 53.4 Å². The van der Waals surface area contributed by atoms with Gasteiger partial charge in [0, 0.05) is 37.4 Å². The molecule has 1 heterocycles. The second-order valence-corrected chi connectivity index (χ2v) is 11.0. The molecule has 0 unspecified atom stereocenters. The Morgan fingerprint density at radius 3 is 2.00 bits per heavy atom. The molecule has 1 saturated heterocycles. The number of hydrogen-bond donors (Lipinski definition) is 1. The van der Waals surface area contributed by atoms with E-state index in [4.69, 9.17) is 0 Å². The van der Waals surface area contributed by atoms with Crippen molar-refractivity contribution in [2.75, 3.05) is 36.7 Å². The minimum Gasteiger partial charge on any atom is -0.336 e. The molecule has 0 aromatic heterocycles. The van der Waals surface area contributed by atoms with Crippen molar-refractivity contribution in [1.29, 1.82) is 0 Å². The maximum atomic E-state index is 12.8. The Balaban J connectivity index is 1.63. The van der Waals surface area contributed by atoms with Crippen molar-refractivity contribution in [1.82, 2.24) is 9.21 Å². The standard InChI is InChI=1S/C20H25N3O5S2/c1-3-29(25,26)21-18-8-6-17(7-9-18)20(24)22-12-14-23(15-13-22)30(27,28)19-10-4-16(2)5-11-19/h4-11,21H,3,12-15H2,1-2H3. The third-order valence-corrected chi connectivity index (χ3v) is 8.19. The Hall–Kier alpha value is -2.43. The fourth-order valence-electron chi connectivity index (χ4n) is 3.11. The predicted molar refractivity (Wildman–Crippen MR) is 115 cm³/mol. The van der Waals surface area contributed by atoms with E-state index in [1.54, 1.807) is 60.4 Å². The van der Waals surface area contributed by atoms with E-state index >= 15 is 0 Å². The van der Waals surface area contributed by atoms with E-state index < -0.39 is 20.0 Å². The molecule has 10 heteroatoms. The van der Waals surface area contributed by atoms with E-state index in [0.717, 1.165) is 5.56 Å². The summed E-state index contributed by atoms with van der Waals surface area (Å²) in [6.45, 7) is 4.44. The molecular weight excluding hydrogens is 426 g/mol. The van der Waals surface area contributed by atoms with Gasteiger partial charge in [-0.15, -0.1) is 0 Å². The topological polar surface area (TPSA) is 104 Å². The Kier molecular flexibility index (Phi) is 6.49. The molecular formula is C20H25N3O5S2. The highest BCUT2D eigenvalue weighted by Gasteiger charge is 2.30. The van der Waals surface area contributed by atoms with Gasteiger partial charge < -0.3 is 4.90 Å². The lowest BCUT2D eigenvalue weighted by Crippen LogP contribution is -2.50. The summed E-state index contributed by atoms with van der Waals surface area (Å²) in [5.41, 5.74) is 1.80. The fraction of sp³-hybridized carbons (Fsp3) is 0.350. The number of piperazine rings is 1. The van der Waals surface area contributed by atoms with E-state index in [2.05, 4.69) is 4.72 Å². The van der Waals surface area contributed by atoms with Crippen LogP contribution in [0.5, 0.6) is 0 Å². The van der Waals surface area contributed by atoms with Gasteiger partial charge in [0.1, 0.15) is 0 Å². The average Bonchev–Trinajstić information content (AvgIpc) is 2.74. The Labute approximate surface area is 177 Å². The molecule has 1 amide bonds. The van der Waals surface area contributed by atoms with Crippen LogP contribution in [0.25, 0.3) is 0 Å². The minimum atomic E-state index is -3.59. The summed E-state index contributed by atoms with van der Waals surface area (Å²) in [7, 11) is -6.97. The monoisotopic (exact) mass is 451 g/mol. The van der Waals surface area contributed by atoms with Crippen LogP contribution >= 0.6 is 0 Å². The lowest BCUT2D eigenvalue weighted by molar-refractivity contribution is 0.0698. The molecule has 3 rings (SSSR count). The highest BCUT2D eigenvalue weighted by Crippen LogP contribution is 2.20. The number of nitrogens with zero attached hydrogens (tertiary/aromatic N) is 2. The van der Waals surface area contributed by atoms with Gasteiger partial charge in [0.05, 0.1) is 10.6 Å². The quantitative estimate of drug-likeness (QED) is 0.722. The van der Waals surface area contributed by atoms with Crippen LogP contribution in [0.2, 0.25) is 0 Å². The zero-order valence-electron chi connectivity index (χ0n) is 16.9. The highest BCUT2D eigenvalue weighted by atomic mass is 32.2. The summed E-state index contributed by atoms with van der Waals surface area (Å²) >= 11 is 0. The summed E-state index contributed by atoms with van der Waals surface area (Å²) in [6.07, 6.45) is 0. The number of benzene rings is 2. The first-order chi connectivity index (χ1) is 14.1. The van der Waals surface area contributed by atoms with Crippen LogP contribution in [0.4, 0.5) is 5.69 Å². The number of aryl methyl sites for hydroxylation is 1. The lowest BCUT2D eigenvalue weighted by atomic mass is 10.1. The Morgan fingerprint density at radius 1 is 0.900 bits per heavy atom. The number of nitrogens with one attached hydrogen (secondary N) is 1. The molecule has 0 aliphatic carbocycles. The van der Waals surface area contributed by atoms with Crippen molar-refractivity contribution in [3.8, 4) is 0 Å². The third-order valence-electron chi connectivity index (χ3n) is 4.97. The van der Waals surface area contributed by atoms with E-state index in [1.807, 2.05) is 6.92 Å². The molecule has 0 bridgehead atoms. The van der Waals surface area contributed by atoms with Gasteiger partial charge in [-0.25, -0.2) is 16.8 Å². The van der Waals surface area contributed by atoms with E-state index in [1.165, 1.54) is 4.31 Å². The molecule has 30 heavy (non-hydrogen) atoms. The molecule has 1 aliphatic heterocycles. The minimum absolute atomic E-state index is 0.0382. The number of amides is 1. The number of carbonyl (C=O) groups excluding carboxylic acids is 1. The molecule has 1 aliphatic rings. The van der Waals surface area contributed by atoms with Crippen molar-refractivity contribution < 1.29 is 21.6 Å². The van der Waals surface area contributed by atoms with Crippen molar-refractivity contribution in [2.24, 2.45) is 0 Å². The fourth-order valence-corrected chi connectivity index (χ4v) is 5.17. The summed E-state index contributed by atoms with van der Waals surface area (Å²) in [4.78, 5) is 14.6. The Morgan fingerprint density at radius 2 is 1.47 bits per heavy atom. The highest BCUT2D eigenvalue weighted by molar-refractivity contribution is 7.92. The number of sulfonamides is 2. The van der Waals surface area contributed by atoms with E-state index in [0.29, 0.717) is 11.3 Å². The normalized spacial score (nSPS) is 15.7. The SMILES string of the molecule is CCS(=O)(=O)Nc1ccc(C(=O)N2CCN(S(=O)(=O)c3ccc(C)cc3)CC2)cc1. The molecule has 2 aromatic carbocycles. The van der Waals surface area contributed by atoms with Crippen LogP contribution in [-0.2, 0) is 20.0 Å². The van der Waals surface area contributed by atoms with Crippen LogP contribution in [0.3, 0.4) is 0 Å². The third kappa shape index (κ3) is 5.00. The van der Waals surface area contributed by atoms with Crippen LogP contribution in [0, 0.1) is 6.92 Å². The maximum Gasteiger partial charge on any atom is 0.253 e. The molecule has 162 valence electrons. The molecule has 0 radical (unpaired) electrons. The largest absolute Gasteiger partial charge is 0.336 e. The zero-order chi connectivity index (χ0) is 21.9. The first kappa shape index (κ1) is 22.3. The van der Waals surface area contributed by atoms with E-state index in [-0.39, 0.29) is 42.7 Å². The summed E-state index contributed by atoms with van der Waals surface area (Å²) in [6, 6.07) is 12.9. The number of anilines is 1. The molecule has 1 N–H and O–H groups in total. The number of rotatable bonds is 6. The smallest absolute Gasteiger partial charge is 0.253 e. The van der Waals surface area contributed by atoms with Crippen molar-refractivity contribution in [3.63, 3.8) is 0 Å². The number of carbonyl (C=O) groups is 1. The molecule has 8 nitrogen and oxygen atoms in total. The van der Waals surface area contributed by atoms with Crippen molar-refractivity contribution in [3.05, 3.63) is 59.7 Å². The molecule has 0 saturated carbocycles. The van der Waals surface area contributed by atoms with Gasteiger partial charge in [0.2, 0.25) is 20.0 Å². The van der Waals surface area contributed by atoms with Gasteiger partial charge in [0.15, 0.2) is 0 Å². The second kappa shape index (κ2) is 8.75. The van der Waals surface area contributed by atoms with Gasteiger partial charge in [-0.2, -0.15) is 4.31 Å². The first-order valence-corrected chi connectivity index (χ1v) is 12.7. The predicted octanol–water partition coefficient (Wildman–Crippen LogP) is 1.90. The van der Waals surface area contributed by atoms with Gasteiger partial charge in [0.25, 0.3) is 5.91 Å². The molecule has 0 spiro atoms. The van der Waals surface area contributed by atoms with Gasteiger partial charge >= 0.3 is 0 Å². The maximum absolute atomic E-state index is 12.8. The van der Waals surface area contributed by atoms with Crippen molar-refractivity contribution >= 4 is 31.6 Å². The molecule has 2 aromatic rings.